The van der Waals surface area contributed by atoms with Gasteiger partial charge in [0.1, 0.15) is 0 Å². The molecular formula is C24H44NO6+. The van der Waals surface area contributed by atoms with Crippen molar-refractivity contribution in [2.75, 3.05) is 19.6 Å². The van der Waals surface area contributed by atoms with Gasteiger partial charge in [0.15, 0.2) is 0 Å². The van der Waals surface area contributed by atoms with E-state index in [1.807, 2.05) is 0 Å². The van der Waals surface area contributed by atoms with Crippen LogP contribution < -0.4 is 0 Å². The molecule has 0 aromatic carbocycles. The second kappa shape index (κ2) is 18.8. The first-order valence-electron chi connectivity index (χ1n) is 12.0. The van der Waals surface area contributed by atoms with Crippen LogP contribution in [0.2, 0.25) is 0 Å². The van der Waals surface area contributed by atoms with Crippen molar-refractivity contribution >= 4 is 17.9 Å². The van der Waals surface area contributed by atoms with Gasteiger partial charge in [-0.25, -0.2) is 0 Å². The fourth-order valence-corrected chi connectivity index (χ4v) is 3.83. The molecule has 0 amide bonds. The van der Waals surface area contributed by atoms with Gasteiger partial charge in [-0.15, -0.1) is 0 Å². The minimum Gasteiger partial charge on any atom is -0.481 e. The molecule has 0 aromatic heterocycles. The zero-order chi connectivity index (χ0) is 23.4. The molecule has 0 aromatic rings. The van der Waals surface area contributed by atoms with Crippen molar-refractivity contribution in [3.05, 3.63) is 12.3 Å². The van der Waals surface area contributed by atoms with Gasteiger partial charge < -0.3 is 15.3 Å². The first kappa shape index (κ1) is 29.1. The zero-order valence-electron chi connectivity index (χ0n) is 19.4. The average Bonchev–Trinajstić information content (AvgIpc) is 2.70. The first-order valence-corrected chi connectivity index (χ1v) is 12.0. The number of quaternary nitrogens is 1. The molecule has 0 aliphatic heterocycles. The molecule has 7 nitrogen and oxygen atoms in total. The van der Waals surface area contributed by atoms with Gasteiger partial charge >= 0.3 is 17.9 Å². The number of rotatable bonds is 22. The molecule has 0 unspecified atom stereocenters. The smallest absolute Gasteiger partial charge is 0.303 e. The molecule has 0 heterocycles. The number of nitrogens with zero attached hydrogens (tertiary/aromatic N) is 1. The molecule has 180 valence electrons. The van der Waals surface area contributed by atoms with E-state index in [0.29, 0.717) is 23.7 Å². The maximum absolute atomic E-state index is 10.9. The number of unbranched alkanes of at least 4 members (excludes halogenated alkanes) is 8. The topological polar surface area (TPSA) is 112 Å². The Morgan fingerprint density at radius 1 is 0.613 bits per heavy atom. The molecule has 0 fully saturated rings. The SMILES string of the molecule is CCCCCCC/C=C/[N+](CCCCC(=O)O)(CCCCC(=O)O)CCCCC(=O)O. The quantitative estimate of drug-likeness (QED) is 0.152. The van der Waals surface area contributed by atoms with Crippen LogP contribution in [0.4, 0.5) is 0 Å². The summed E-state index contributed by atoms with van der Waals surface area (Å²) in [4.78, 5) is 32.6. The molecule has 0 spiro atoms. The van der Waals surface area contributed by atoms with Gasteiger partial charge in [-0.1, -0.05) is 32.6 Å². The van der Waals surface area contributed by atoms with Crippen LogP contribution in [-0.4, -0.2) is 57.3 Å². The molecule has 31 heavy (non-hydrogen) atoms. The summed E-state index contributed by atoms with van der Waals surface area (Å²) >= 11 is 0. The summed E-state index contributed by atoms with van der Waals surface area (Å²) in [5.41, 5.74) is 0. The summed E-state index contributed by atoms with van der Waals surface area (Å²) in [6.45, 7) is 4.62. The lowest BCUT2D eigenvalue weighted by molar-refractivity contribution is -0.880. The predicted octanol–water partition coefficient (Wildman–Crippen LogP) is 5.44. The van der Waals surface area contributed by atoms with Crippen LogP contribution >= 0.6 is 0 Å². The molecular weight excluding hydrogens is 398 g/mol. The van der Waals surface area contributed by atoms with Crippen LogP contribution in [0, 0.1) is 0 Å². The zero-order valence-corrected chi connectivity index (χ0v) is 19.4. The Labute approximate surface area is 187 Å². The van der Waals surface area contributed by atoms with Crippen molar-refractivity contribution in [2.45, 2.75) is 103 Å². The molecule has 0 aliphatic rings. The number of hydrogen-bond acceptors (Lipinski definition) is 3. The van der Waals surface area contributed by atoms with E-state index in [9.17, 15) is 14.4 Å². The van der Waals surface area contributed by atoms with E-state index < -0.39 is 17.9 Å². The highest BCUT2D eigenvalue weighted by molar-refractivity contribution is 5.67. The van der Waals surface area contributed by atoms with Crippen LogP contribution in [0.1, 0.15) is 103 Å². The molecule has 0 bridgehead atoms. The minimum absolute atomic E-state index is 0.152. The molecule has 7 heteroatoms. The highest BCUT2D eigenvalue weighted by Crippen LogP contribution is 2.19. The standard InChI is InChI=1S/C24H43NO6/c1-2-3-4-5-6-7-11-18-25(19-12-8-15-22(26)27,20-13-9-16-23(28)29)21-14-10-17-24(30)31/h11,18H,2-10,12-17,19-21H2,1H3,(H2-,26,27,28,29,30,31)/p+1/b18-11+. The van der Waals surface area contributed by atoms with Gasteiger partial charge in [-0.05, 0) is 57.4 Å². The molecule has 0 saturated carbocycles. The minimum atomic E-state index is -0.788. The number of allylic oxidation sites excluding steroid dienone is 1. The molecule has 0 radical (unpaired) electrons. The number of hydrogen-bond donors (Lipinski definition) is 3. The molecule has 3 N–H and O–H groups in total. The van der Waals surface area contributed by atoms with Crippen molar-refractivity contribution in [3.63, 3.8) is 0 Å². The number of aliphatic carboxylic acids is 3. The summed E-state index contributed by atoms with van der Waals surface area (Å²) in [5, 5.41) is 26.8. The van der Waals surface area contributed by atoms with E-state index >= 15 is 0 Å². The maximum atomic E-state index is 10.9. The van der Waals surface area contributed by atoms with Crippen LogP contribution in [0.15, 0.2) is 12.3 Å². The Morgan fingerprint density at radius 3 is 1.42 bits per heavy atom. The lowest BCUT2D eigenvalue weighted by atomic mass is 10.1. The van der Waals surface area contributed by atoms with Gasteiger partial charge in [-0.2, -0.15) is 0 Å². The van der Waals surface area contributed by atoms with Crippen LogP contribution in [0.5, 0.6) is 0 Å². The summed E-state index contributed by atoms with van der Waals surface area (Å²) in [6, 6.07) is 0. The highest BCUT2D eigenvalue weighted by atomic mass is 16.4. The van der Waals surface area contributed by atoms with Crippen molar-refractivity contribution < 1.29 is 34.2 Å². The third kappa shape index (κ3) is 18.6. The van der Waals surface area contributed by atoms with Crippen LogP contribution in [0.25, 0.3) is 0 Å². The van der Waals surface area contributed by atoms with E-state index in [1.54, 1.807) is 0 Å². The van der Waals surface area contributed by atoms with Crippen LogP contribution in [-0.2, 0) is 14.4 Å². The lowest BCUT2D eigenvalue weighted by Gasteiger charge is -2.35. The van der Waals surface area contributed by atoms with Gasteiger partial charge in [-0.3, -0.25) is 18.9 Å². The Morgan fingerprint density at radius 2 is 1.03 bits per heavy atom. The van der Waals surface area contributed by atoms with Crippen LogP contribution in [0.3, 0.4) is 0 Å². The van der Waals surface area contributed by atoms with Crippen molar-refractivity contribution in [1.29, 1.82) is 0 Å². The van der Waals surface area contributed by atoms with Crippen molar-refractivity contribution in [2.24, 2.45) is 0 Å². The number of carboxylic acid groups (broad SMARTS) is 3. The van der Waals surface area contributed by atoms with Crippen molar-refractivity contribution in [3.8, 4) is 0 Å². The predicted molar refractivity (Wildman–Crippen MR) is 122 cm³/mol. The van der Waals surface area contributed by atoms with Gasteiger partial charge in [0, 0.05) is 19.3 Å². The normalized spacial score (nSPS) is 11.8. The van der Waals surface area contributed by atoms with E-state index in [2.05, 4.69) is 19.2 Å². The van der Waals surface area contributed by atoms with E-state index in [-0.39, 0.29) is 19.3 Å². The largest absolute Gasteiger partial charge is 0.481 e. The maximum Gasteiger partial charge on any atom is 0.303 e. The highest BCUT2D eigenvalue weighted by Gasteiger charge is 2.24. The van der Waals surface area contributed by atoms with E-state index in [4.69, 9.17) is 15.3 Å². The molecule has 0 aliphatic carbocycles. The Hall–Kier alpha value is -1.89. The Bertz CT molecular complexity index is 477. The molecule has 0 atom stereocenters. The summed E-state index contributed by atoms with van der Waals surface area (Å²) in [7, 11) is 0. The number of carboxylic acids is 3. The third-order valence-electron chi connectivity index (χ3n) is 5.63. The van der Waals surface area contributed by atoms with Gasteiger partial charge in [0.05, 0.1) is 25.8 Å². The second-order valence-electron chi connectivity index (χ2n) is 8.53. The van der Waals surface area contributed by atoms with E-state index in [1.165, 1.54) is 25.7 Å². The summed E-state index contributed by atoms with van der Waals surface area (Å²) < 4.78 is 0.688. The average molecular weight is 443 g/mol. The monoisotopic (exact) mass is 442 g/mol. The van der Waals surface area contributed by atoms with Crippen molar-refractivity contribution in [1.82, 2.24) is 0 Å². The Balaban J connectivity index is 5.00. The lowest BCUT2D eigenvalue weighted by Crippen LogP contribution is -2.45. The summed E-state index contributed by atoms with van der Waals surface area (Å²) in [5.74, 6) is -2.36. The fraction of sp³-hybridized carbons (Fsp3) is 0.792. The Kier molecular flexibility index (Phi) is 17.7. The molecule has 0 rings (SSSR count). The molecule has 0 saturated heterocycles. The second-order valence-corrected chi connectivity index (χ2v) is 8.53. The third-order valence-corrected chi connectivity index (χ3v) is 5.63. The summed E-state index contributed by atoms with van der Waals surface area (Å²) in [6.07, 6.45) is 16.2. The van der Waals surface area contributed by atoms with E-state index in [0.717, 1.165) is 51.7 Å². The van der Waals surface area contributed by atoms with Gasteiger partial charge in [0.25, 0.3) is 0 Å². The first-order chi connectivity index (χ1) is 14.8. The van der Waals surface area contributed by atoms with Gasteiger partial charge in [0.2, 0.25) is 0 Å². The fourth-order valence-electron chi connectivity index (χ4n) is 3.83. The number of carbonyl (C=O) groups is 3.